The first-order valence-electron chi connectivity index (χ1n) is 6.96. The standard InChI is InChI=1S/C15H18BrN3OS/c1-19-13(17-18-14(19)21)12(9-15(20-2)6-7-15)10-4-3-5-11(16)8-10/h3-5,8,12H,6-7,9H2,1-2H3,(H,18,21). The molecule has 1 heterocycles. The normalized spacial score (nSPS) is 17.7. The Bertz CT molecular complexity index is 705. The summed E-state index contributed by atoms with van der Waals surface area (Å²) < 4.78 is 9.38. The average Bonchev–Trinajstić information content (AvgIpc) is 3.19. The molecule has 3 rings (SSSR count). The highest BCUT2D eigenvalue weighted by Crippen LogP contribution is 2.47. The van der Waals surface area contributed by atoms with Gasteiger partial charge in [0.2, 0.25) is 0 Å². The van der Waals surface area contributed by atoms with E-state index in [4.69, 9.17) is 17.0 Å². The van der Waals surface area contributed by atoms with E-state index in [0.717, 1.165) is 29.6 Å². The Hall–Kier alpha value is -0.980. The van der Waals surface area contributed by atoms with Gasteiger partial charge < -0.3 is 9.30 Å². The molecule has 4 nitrogen and oxygen atoms in total. The number of ether oxygens (including phenoxy) is 1. The van der Waals surface area contributed by atoms with Crippen LogP contribution in [0.25, 0.3) is 0 Å². The molecule has 1 aliphatic rings. The van der Waals surface area contributed by atoms with Crippen LogP contribution in [0.5, 0.6) is 0 Å². The molecule has 0 radical (unpaired) electrons. The molecule has 0 spiro atoms. The fourth-order valence-electron chi connectivity index (χ4n) is 2.76. The van der Waals surface area contributed by atoms with Crippen molar-refractivity contribution in [2.24, 2.45) is 7.05 Å². The van der Waals surface area contributed by atoms with Crippen LogP contribution in [0.2, 0.25) is 0 Å². The second kappa shape index (κ2) is 5.66. The van der Waals surface area contributed by atoms with Crippen LogP contribution in [0.4, 0.5) is 0 Å². The first kappa shape index (κ1) is 14.9. The lowest BCUT2D eigenvalue weighted by atomic mass is 9.91. The van der Waals surface area contributed by atoms with Crippen LogP contribution in [0, 0.1) is 4.77 Å². The van der Waals surface area contributed by atoms with E-state index in [2.05, 4.69) is 44.3 Å². The Balaban J connectivity index is 2.02. The number of hydrogen-bond acceptors (Lipinski definition) is 3. The smallest absolute Gasteiger partial charge is 0.194 e. The molecular formula is C15H18BrN3OS. The van der Waals surface area contributed by atoms with E-state index in [1.165, 1.54) is 5.56 Å². The van der Waals surface area contributed by atoms with E-state index in [-0.39, 0.29) is 11.5 Å². The van der Waals surface area contributed by atoms with Gasteiger partial charge in [-0.3, -0.25) is 5.10 Å². The highest BCUT2D eigenvalue weighted by atomic mass is 79.9. The number of H-pyrrole nitrogens is 1. The first-order valence-corrected chi connectivity index (χ1v) is 8.17. The van der Waals surface area contributed by atoms with Crippen molar-refractivity contribution < 1.29 is 4.74 Å². The van der Waals surface area contributed by atoms with Crippen LogP contribution in [0.15, 0.2) is 28.7 Å². The summed E-state index contributed by atoms with van der Waals surface area (Å²) in [5.74, 6) is 1.13. The number of halogens is 1. The summed E-state index contributed by atoms with van der Waals surface area (Å²) in [5.41, 5.74) is 1.23. The third kappa shape index (κ3) is 2.98. The Morgan fingerprint density at radius 1 is 1.52 bits per heavy atom. The van der Waals surface area contributed by atoms with Crippen LogP contribution in [-0.2, 0) is 11.8 Å². The van der Waals surface area contributed by atoms with Crippen molar-refractivity contribution in [3.05, 3.63) is 44.9 Å². The monoisotopic (exact) mass is 367 g/mol. The molecule has 1 aromatic heterocycles. The maximum atomic E-state index is 5.71. The minimum Gasteiger partial charge on any atom is -0.378 e. The van der Waals surface area contributed by atoms with Crippen LogP contribution < -0.4 is 0 Å². The number of methoxy groups -OCH3 is 1. The SMILES string of the molecule is COC1(CC(c2cccc(Br)c2)c2n[nH]c(=S)n2C)CC1. The largest absolute Gasteiger partial charge is 0.378 e. The molecule has 1 aliphatic carbocycles. The summed E-state index contributed by atoms with van der Waals surface area (Å²) >= 11 is 8.81. The van der Waals surface area contributed by atoms with Gasteiger partial charge in [0.05, 0.1) is 5.60 Å². The molecule has 1 atom stereocenters. The van der Waals surface area contributed by atoms with Crippen molar-refractivity contribution in [2.75, 3.05) is 7.11 Å². The number of aromatic nitrogens is 3. The number of nitrogens with one attached hydrogen (secondary N) is 1. The summed E-state index contributed by atoms with van der Waals surface area (Å²) in [6, 6.07) is 8.37. The second-order valence-corrected chi connectivity index (χ2v) is 6.95. The van der Waals surface area contributed by atoms with Gasteiger partial charge >= 0.3 is 0 Å². The van der Waals surface area contributed by atoms with Crippen molar-refractivity contribution in [1.82, 2.24) is 14.8 Å². The molecule has 1 N–H and O–H groups in total. The molecule has 0 bridgehead atoms. The van der Waals surface area contributed by atoms with Gasteiger partial charge in [0.25, 0.3) is 0 Å². The van der Waals surface area contributed by atoms with Gasteiger partial charge in [-0.1, -0.05) is 28.1 Å². The summed E-state index contributed by atoms with van der Waals surface area (Å²) in [5, 5.41) is 7.33. The van der Waals surface area contributed by atoms with E-state index in [9.17, 15) is 0 Å². The van der Waals surface area contributed by atoms with Crippen LogP contribution in [-0.4, -0.2) is 27.5 Å². The molecule has 2 aromatic rings. The van der Waals surface area contributed by atoms with Crippen molar-refractivity contribution in [3.63, 3.8) is 0 Å². The second-order valence-electron chi connectivity index (χ2n) is 5.64. The van der Waals surface area contributed by atoms with E-state index < -0.39 is 0 Å². The predicted octanol–water partition coefficient (Wildman–Crippen LogP) is 3.94. The van der Waals surface area contributed by atoms with Crippen molar-refractivity contribution in [1.29, 1.82) is 0 Å². The number of rotatable bonds is 5. The Morgan fingerprint density at radius 3 is 2.81 bits per heavy atom. The van der Waals surface area contributed by atoms with Gasteiger partial charge in [0.15, 0.2) is 4.77 Å². The van der Waals surface area contributed by atoms with Crippen molar-refractivity contribution in [2.45, 2.75) is 30.8 Å². The molecule has 1 aromatic carbocycles. The lowest BCUT2D eigenvalue weighted by Gasteiger charge is -2.22. The molecule has 0 saturated heterocycles. The Morgan fingerprint density at radius 2 is 2.29 bits per heavy atom. The third-order valence-electron chi connectivity index (χ3n) is 4.29. The van der Waals surface area contributed by atoms with Gasteiger partial charge in [-0.2, -0.15) is 5.10 Å². The van der Waals surface area contributed by atoms with Crippen molar-refractivity contribution in [3.8, 4) is 0 Å². The minimum atomic E-state index is 0.000549. The van der Waals surface area contributed by atoms with Crippen LogP contribution in [0.1, 0.15) is 36.6 Å². The van der Waals surface area contributed by atoms with Gasteiger partial charge in [0.1, 0.15) is 5.82 Å². The lowest BCUT2D eigenvalue weighted by molar-refractivity contribution is 0.0684. The zero-order valence-corrected chi connectivity index (χ0v) is 14.5. The fraction of sp³-hybridized carbons (Fsp3) is 0.467. The number of hydrogen-bond donors (Lipinski definition) is 1. The number of aromatic amines is 1. The fourth-order valence-corrected chi connectivity index (χ4v) is 3.31. The zero-order valence-electron chi connectivity index (χ0n) is 12.1. The third-order valence-corrected chi connectivity index (χ3v) is 5.15. The quantitative estimate of drug-likeness (QED) is 0.813. The van der Waals surface area contributed by atoms with Crippen LogP contribution >= 0.6 is 28.1 Å². The molecule has 112 valence electrons. The summed E-state index contributed by atoms with van der Waals surface area (Å²) in [4.78, 5) is 0. The number of nitrogens with zero attached hydrogens (tertiary/aromatic N) is 2. The molecule has 21 heavy (non-hydrogen) atoms. The van der Waals surface area contributed by atoms with E-state index in [1.54, 1.807) is 7.11 Å². The van der Waals surface area contributed by atoms with E-state index >= 15 is 0 Å². The Kier molecular flexibility index (Phi) is 4.03. The van der Waals surface area contributed by atoms with Gasteiger partial charge in [-0.15, -0.1) is 0 Å². The predicted molar refractivity (Wildman–Crippen MR) is 88.0 cm³/mol. The van der Waals surface area contributed by atoms with E-state index in [0.29, 0.717) is 4.77 Å². The maximum Gasteiger partial charge on any atom is 0.194 e. The van der Waals surface area contributed by atoms with Crippen molar-refractivity contribution >= 4 is 28.1 Å². The molecule has 1 unspecified atom stereocenters. The lowest BCUT2D eigenvalue weighted by Crippen LogP contribution is -2.19. The first-order chi connectivity index (χ1) is 10.0. The zero-order chi connectivity index (χ0) is 15.0. The summed E-state index contributed by atoms with van der Waals surface area (Å²) in [7, 11) is 3.76. The molecule has 1 fully saturated rings. The van der Waals surface area contributed by atoms with Gasteiger partial charge in [0, 0.05) is 24.5 Å². The minimum absolute atomic E-state index is 0.000549. The molecule has 0 aliphatic heterocycles. The van der Waals surface area contributed by atoms with E-state index in [1.807, 2.05) is 17.7 Å². The van der Waals surface area contributed by atoms with Crippen LogP contribution in [0.3, 0.4) is 0 Å². The van der Waals surface area contributed by atoms with Gasteiger partial charge in [-0.25, -0.2) is 0 Å². The Labute approximate surface area is 137 Å². The summed E-state index contributed by atoms with van der Waals surface area (Å²) in [6.45, 7) is 0. The molecule has 6 heteroatoms. The number of benzene rings is 1. The molecular weight excluding hydrogens is 350 g/mol. The average molecular weight is 368 g/mol. The molecule has 0 amide bonds. The topological polar surface area (TPSA) is 42.8 Å². The van der Waals surface area contributed by atoms with Gasteiger partial charge in [-0.05, 0) is 49.2 Å². The maximum absolute atomic E-state index is 5.71. The molecule has 1 saturated carbocycles. The highest BCUT2D eigenvalue weighted by molar-refractivity contribution is 9.10. The summed E-state index contributed by atoms with van der Waals surface area (Å²) in [6.07, 6.45) is 3.15. The highest BCUT2D eigenvalue weighted by Gasteiger charge is 2.45.